The van der Waals surface area contributed by atoms with Crippen LogP contribution in [0.15, 0.2) is 64.8 Å². The minimum Gasteiger partial charge on any atom is -0.400 e. The average molecular weight is 473 g/mol. The maximum Gasteiger partial charge on any atom is 0.260 e. The van der Waals surface area contributed by atoms with Crippen molar-refractivity contribution in [3.05, 3.63) is 70.4 Å². The van der Waals surface area contributed by atoms with E-state index in [0.717, 1.165) is 18.2 Å². The fourth-order valence-electron chi connectivity index (χ4n) is 3.02. The normalized spacial score (nSPS) is 17.0. The summed E-state index contributed by atoms with van der Waals surface area (Å²) in [7, 11) is 1.57. The molecule has 9 heteroatoms. The molecular weight excluding hydrogens is 448 g/mol. The van der Waals surface area contributed by atoms with Gasteiger partial charge in [-0.25, -0.2) is 0 Å². The van der Waals surface area contributed by atoms with Crippen LogP contribution in [0.5, 0.6) is 0 Å². The lowest BCUT2D eigenvalue weighted by molar-refractivity contribution is -0.115. The van der Waals surface area contributed by atoms with Crippen LogP contribution in [0.25, 0.3) is 0 Å². The lowest BCUT2D eigenvalue weighted by atomic mass is 10.1. The van der Waals surface area contributed by atoms with E-state index in [1.807, 2.05) is 24.3 Å². The Balaban J connectivity index is 1.82. The van der Waals surface area contributed by atoms with Gasteiger partial charge in [0.1, 0.15) is 10.3 Å². The van der Waals surface area contributed by atoms with Crippen molar-refractivity contribution in [2.24, 2.45) is 10.7 Å². The highest BCUT2D eigenvalue weighted by Gasteiger charge is 2.38. The van der Waals surface area contributed by atoms with Gasteiger partial charge in [0.25, 0.3) is 5.91 Å². The van der Waals surface area contributed by atoms with E-state index in [4.69, 9.17) is 22.1 Å². The summed E-state index contributed by atoms with van der Waals surface area (Å²) in [5, 5.41) is 5.86. The lowest BCUT2D eigenvalue weighted by Crippen LogP contribution is -2.29. The quantitative estimate of drug-likeness (QED) is 0.506. The number of aryl methyl sites for hydroxylation is 1. The molecule has 7 nitrogen and oxygen atoms in total. The summed E-state index contributed by atoms with van der Waals surface area (Å²) in [4.78, 5) is 30.4. The number of carbonyl (C=O) groups excluding carboxylic acids is 2. The summed E-state index contributed by atoms with van der Waals surface area (Å²) in [5.74, 6) is -0.749. The number of nitrogens with one attached hydrogen (secondary N) is 2. The van der Waals surface area contributed by atoms with Crippen molar-refractivity contribution in [2.75, 3.05) is 30.9 Å². The molecule has 0 aromatic heterocycles. The second-order valence-electron chi connectivity index (χ2n) is 7.01. The highest BCUT2D eigenvalue weighted by Crippen LogP contribution is 2.34. The van der Waals surface area contributed by atoms with Crippen LogP contribution in [0, 0.1) is 0 Å². The molecule has 1 atom stereocenters. The molecule has 2 amide bonds. The first-order valence-corrected chi connectivity index (χ1v) is 11.4. The van der Waals surface area contributed by atoms with Gasteiger partial charge in [0.15, 0.2) is 0 Å². The van der Waals surface area contributed by atoms with Crippen molar-refractivity contribution in [3.8, 4) is 0 Å². The summed E-state index contributed by atoms with van der Waals surface area (Å²) in [6, 6.07) is 14.3. The van der Waals surface area contributed by atoms with Gasteiger partial charge in [-0.3, -0.25) is 14.6 Å². The number of nitrogens with zero attached hydrogens (tertiary/aromatic N) is 1. The molecule has 32 heavy (non-hydrogen) atoms. The molecule has 0 unspecified atom stereocenters. The highest BCUT2D eigenvalue weighted by molar-refractivity contribution is 8.16. The van der Waals surface area contributed by atoms with Gasteiger partial charge in [0, 0.05) is 29.2 Å². The third-order valence-corrected chi connectivity index (χ3v) is 6.27. The maximum atomic E-state index is 13.0. The average Bonchev–Trinajstić information content (AvgIpc) is 3.12. The maximum absolute atomic E-state index is 13.0. The zero-order chi connectivity index (χ0) is 23.1. The largest absolute Gasteiger partial charge is 0.400 e. The first kappa shape index (κ1) is 23.8. The van der Waals surface area contributed by atoms with Crippen molar-refractivity contribution in [1.82, 2.24) is 0 Å². The van der Waals surface area contributed by atoms with E-state index in [1.54, 1.807) is 31.4 Å². The summed E-state index contributed by atoms with van der Waals surface area (Å²) < 4.78 is 5.05. The van der Waals surface area contributed by atoms with Crippen LogP contribution in [0.3, 0.4) is 0 Å². The van der Waals surface area contributed by atoms with Crippen LogP contribution in [-0.4, -0.2) is 42.4 Å². The van der Waals surface area contributed by atoms with E-state index in [2.05, 4.69) is 22.5 Å². The third kappa shape index (κ3) is 5.91. The van der Waals surface area contributed by atoms with E-state index in [-0.39, 0.29) is 17.2 Å². The molecular formula is C23H25ClN4O3S. The standard InChI is InChI=1S/C23H25ClN4O3S/c1-3-14-4-8-16(9-5-14)28-22(30)20-19(25)18(23(32-20)26-12-13-31-2)21(29)27-17-10-6-15(24)7-11-17/h4-11,20H,3,12-13,25H2,1-2H3,(H,27,29)(H,28,30)/t20-/m0/s1. The Hall–Kier alpha value is -2.81. The van der Waals surface area contributed by atoms with Crippen LogP contribution < -0.4 is 16.4 Å². The Labute approximate surface area is 196 Å². The minimum atomic E-state index is -0.770. The van der Waals surface area contributed by atoms with Crippen molar-refractivity contribution < 1.29 is 14.3 Å². The Morgan fingerprint density at radius 1 is 1.09 bits per heavy atom. The molecule has 1 aliphatic heterocycles. The lowest BCUT2D eigenvalue weighted by Gasteiger charge is -2.12. The van der Waals surface area contributed by atoms with Gasteiger partial charge in [-0.15, -0.1) is 0 Å². The number of thioether (sulfide) groups is 1. The van der Waals surface area contributed by atoms with Crippen molar-refractivity contribution in [3.63, 3.8) is 0 Å². The van der Waals surface area contributed by atoms with Crippen LogP contribution in [-0.2, 0) is 20.7 Å². The number of amides is 2. The number of hydrogen-bond donors (Lipinski definition) is 3. The molecule has 2 aromatic carbocycles. The molecule has 0 aliphatic carbocycles. The topological polar surface area (TPSA) is 106 Å². The molecule has 0 radical (unpaired) electrons. The fraction of sp³-hybridized carbons (Fsp3) is 0.261. The first-order chi connectivity index (χ1) is 15.4. The molecule has 2 aromatic rings. The number of nitrogens with two attached hydrogens (primary N) is 1. The fourth-order valence-corrected chi connectivity index (χ4v) is 4.28. The predicted octanol–water partition coefficient (Wildman–Crippen LogP) is 3.85. The summed E-state index contributed by atoms with van der Waals surface area (Å²) >= 11 is 7.06. The molecule has 4 N–H and O–H groups in total. The summed E-state index contributed by atoms with van der Waals surface area (Å²) in [6.07, 6.45) is 0.912. The number of anilines is 2. The Morgan fingerprint density at radius 2 is 1.72 bits per heavy atom. The van der Waals surface area contributed by atoms with Gasteiger partial charge in [-0.05, 0) is 48.4 Å². The molecule has 0 spiro atoms. The van der Waals surface area contributed by atoms with Crippen molar-refractivity contribution in [1.29, 1.82) is 0 Å². The number of aliphatic imine (C=N–C) groups is 1. The van der Waals surface area contributed by atoms with Crippen LogP contribution in [0.1, 0.15) is 12.5 Å². The Kier molecular flexibility index (Phi) is 8.33. The van der Waals surface area contributed by atoms with Gasteiger partial charge in [-0.1, -0.05) is 42.4 Å². The van der Waals surface area contributed by atoms with E-state index in [9.17, 15) is 9.59 Å². The third-order valence-electron chi connectivity index (χ3n) is 4.76. The zero-order valence-electron chi connectivity index (χ0n) is 17.9. The van der Waals surface area contributed by atoms with Crippen molar-refractivity contribution in [2.45, 2.75) is 18.6 Å². The van der Waals surface area contributed by atoms with Crippen LogP contribution >= 0.6 is 23.4 Å². The molecule has 1 aliphatic rings. The number of rotatable bonds is 8. The number of carbonyl (C=O) groups is 2. The predicted molar refractivity (Wildman–Crippen MR) is 131 cm³/mol. The highest BCUT2D eigenvalue weighted by atomic mass is 35.5. The summed E-state index contributed by atoms with van der Waals surface area (Å²) in [6.45, 7) is 2.79. The van der Waals surface area contributed by atoms with E-state index in [0.29, 0.717) is 34.6 Å². The number of ether oxygens (including phenoxy) is 1. The molecule has 0 saturated heterocycles. The molecule has 3 rings (SSSR count). The second-order valence-corrected chi connectivity index (χ2v) is 8.54. The number of halogens is 1. The van der Waals surface area contributed by atoms with Crippen LogP contribution in [0.2, 0.25) is 5.02 Å². The number of benzene rings is 2. The smallest absolute Gasteiger partial charge is 0.260 e. The van der Waals surface area contributed by atoms with Crippen molar-refractivity contribution >= 4 is 51.6 Å². The van der Waals surface area contributed by atoms with E-state index >= 15 is 0 Å². The number of hydrogen-bond acceptors (Lipinski definition) is 6. The molecule has 0 fully saturated rings. The van der Waals surface area contributed by atoms with Gasteiger partial charge in [0.2, 0.25) is 5.91 Å². The monoisotopic (exact) mass is 472 g/mol. The van der Waals surface area contributed by atoms with Gasteiger partial charge in [0.05, 0.1) is 18.7 Å². The van der Waals surface area contributed by atoms with Gasteiger partial charge >= 0.3 is 0 Å². The Morgan fingerprint density at radius 3 is 2.34 bits per heavy atom. The zero-order valence-corrected chi connectivity index (χ0v) is 19.4. The Bertz CT molecular complexity index is 1040. The van der Waals surface area contributed by atoms with Gasteiger partial charge in [-0.2, -0.15) is 0 Å². The summed E-state index contributed by atoms with van der Waals surface area (Å²) in [5.41, 5.74) is 9.06. The molecule has 0 saturated carbocycles. The molecule has 1 heterocycles. The van der Waals surface area contributed by atoms with Gasteiger partial charge < -0.3 is 21.1 Å². The van der Waals surface area contributed by atoms with E-state index < -0.39 is 11.2 Å². The van der Waals surface area contributed by atoms with Crippen LogP contribution in [0.4, 0.5) is 11.4 Å². The second kappa shape index (κ2) is 11.2. The first-order valence-electron chi connectivity index (χ1n) is 10.1. The number of methoxy groups -OCH3 is 1. The minimum absolute atomic E-state index is 0.167. The molecule has 0 bridgehead atoms. The van der Waals surface area contributed by atoms with E-state index in [1.165, 1.54) is 5.56 Å². The molecule has 168 valence electrons. The SMILES string of the molecule is CCc1ccc(NC(=O)[C@H]2SC(=NCCOC)C(C(=O)Nc3ccc(Cl)cc3)=C2N)cc1.